The SMILES string of the molecule is CCCNc1ccc([N+](=O)[O-])cc1CSC(C)C(C)O. The number of aliphatic hydroxyl groups excluding tert-OH is 1. The molecule has 0 bridgehead atoms. The first-order valence-corrected chi connectivity index (χ1v) is 7.81. The first-order chi connectivity index (χ1) is 9.45. The summed E-state index contributed by atoms with van der Waals surface area (Å²) >= 11 is 1.59. The second-order valence-corrected chi connectivity index (χ2v) is 6.15. The minimum Gasteiger partial charge on any atom is -0.392 e. The normalized spacial score (nSPS) is 13.8. The number of rotatable bonds is 8. The summed E-state index contributed by atoms with van der Waals surface area (Å²) in [7, 11) is 0. The Morgan fingerprint density at radius 1 is 1.45 bits per heavy atom. The maximum Gasteiger partial charge on any atom is 0.269 e. The fourth-order valence-corrected chi connectivity index (χ4v) is 2.57. The zero-order chi connectivity index (χ0) is 15.1. The van der Waals surface area contributed by atoms with Gasteiger partial charge in [0.25, 0.3) is 5.69 Å². The molecule has 0 radical (unpaired) electrons. The van der Waals surface area contributed by atoms with Crippen molar-refractivity contribution in [2.24, 2.45) is 0 Å². The van der Waals surface area contributed by atoms with Crippen molar-refractivity contribution in [3.05, 3.63) is 33.9 Å². The molecule has 0 aromatic heterocycles. The molecule has 0 amide bonds. The predicted molar refractivity (Wildman–Crippen MR) is 84.3 cm³/mol. The van der Waals surface area contributed by atoms with Crippen molar-refractivity contribution in [3.63, 3.8) is 0 Å². The van der Waals surface area contributed by atoms with Crippen molar-refractivity contribution in [2.75, 3.05) is 11.9 Å². The lowest BCUT2D eigenvalue weighted by Gasteiger charge is -2.16. The van der Waals surface area contributed by atoms with Crippen LogP contribution in [0.15, 0.2) is 18.2 Å². The van der Waals surface area contributed by atoms with Gasteiger partial charge in [0.15, 0.2) is 0 Å². The van der Waals surface area contributed by atoms with Gasteiger partial charge < -0.3 is 10.4 Å². The molecule has 0 aliphatic heterocycles. The van der Waals surface area contributed by atoms with E-state index in [1.165, 1.54) is 6.07 Å². The second-order valence-electron chi connectivity index (χ2n) is 4.78. The standard InChI is InChI=1S/C14H22N2O3S/c1-4-7-15-14-6-5-13(16(18)19)8-12(14)9-20-11(3)10(2)17/h5-6,8,10-11,15,17H,4,7,9H2,1-3H3. The van der Waals surface area contributed by atoms with Gasteiger partial charge in [-0.3, -0.25) is 10.1 Å². The lowest BCUT2D eigenvalue weighted by molar-refractivity contribution is -0.384. The quantitative estimate of drug-likeness (QED) is 0.568. The van der Waals surface area contributed by atoms with Crippen LogP contribution in [0.2, 0.25) is 0 Å². The van der Waals surface area contributed by atoms with Crippen LogP contribution in [0.25, 0.3) is 0 Å². The fourth-order valence-electron chi connectivity index (χ4n) is 1.61. The number of anilines is 1. The number of aliphatic hydroxyl groups is 1. The summed E-state index contributed by atoms with van der Waals surface area (Å²) < 4.78 is 0. The van der Waals surface area contributed by atoms with Gasteiger partial charge in [0, 0.05) is 35.4 Å². The number of nitrogens with one attached hydrogen (secondary N) is 1. The van der Waals surface area contributed by atoms with Crippen LogP contribution in [0.4, 0.5) is 11.4 Å². The van der Waals surface area contributed by atoms with Crippen LogP contribution in [-0.2, 0) is 5.75 Å². The molecule has 5 nitrogen and oxygen atoms in total. The molecule has 112 valence electrons. The smallest absolute Gasteiger partial charge is 0.269 e. The zero-order valence-corrected chi connectivity index (χ0v) is 12.9. The summed E-state index contributed by atoms with van der Waals surface area (Å²) in [4.78, 5) is 10.5. The lowest BCUT2D eigenvalue weighted by Crippen LogP contribution is -2.15. The Labute approximate surface area is 123 Å². The van der Waals surface area contributed by atoms with Gasteiger partial charge in [-0.2, -0.15) is 11.8 Å². The monoisotopic (exact) mass is 298 g/mol. The Hall–Kier alpha value is -1.27. The Morgan fingerprint density at radius 2 is 2.15 bits per heavy atom. The average molecular weight is 298 g/mol. The summed E-state index contributed by atoms with van der Waals surface area (Å²) in [6.45, 7) is 6.61. The Kier molecular flexibility index (Phi) is 6.81. The van der Waals surface area contributed by atoms with Crippen molar-refractivity contribution in [1.82, 2.24) is 0 Å². The lowest BCUT2D eigenvalue weighted by atomic mass is 10.1. The number of hydrogen-bond donors (Lipinski definition) is 2. The maximum absolute atomic E-state index is 10.9. The van der Waals surface area contributed by atoms with E-state index in [1.54, 1.807) is 30.8 Å². The van der Waals surface area contributed by atoms with E-state index in [9.17, 15) is 15.2 Å². The topological polar surface area (TPSA) is 75.4 Å². The van der Waals surface area contributed by atoms with Gasteiger partial charge in [-0.05, 0) is 25.0 Å². The molecule has 0 saturated heterocycles. The van der Waals surface area contributed by atoms with Gasteiger partial charge >= 0.3 is 0 Å². The van der Waals surface area contributed by atoms with Crippen molar-refractivity contribution < 1.29 is 10.0 Å². The summed E-state index contributed by atoms with van der Waals surface area (Å²) in [6, 6.07) is 4.89. The number of benzene rings is 1. The van der Waals surface area contributed by atoms with Crippen LogP contribution in [-0.4, -0.2) is 27.9 Å². The summed E-state index contributed by atoms with van der Waals surface area (Å²) in [5.74, 6) is 0.639. The average Bonchev–Trinajstić information content (AvgIpc) is 2.42. The highest BCUT2D eigenvalue weighted by molar-refractivity contribution is 7.99. The molecule has 0 spiro atoms. The fraction of sp³-hybridized carbons (Fsp3) is 0.571. The first-order valence-electron chi connectivity index (χ1n) is 6.76. The number of nitro benzene ring substituents is 1. The van der Waals surface area contributed by atoms with E-state index in [2.05, 4.69) is 12.2 Å². The van der Waals surface area contributed by atoms with E-state index >= 15 is 0 Å². The summed E-state index contributed by atoms with van der Waals surface area (Å²) in [5, 5.41) is 23.7. The van der Waals surface area contributed by atoms with Gasteiger partial charge in [-0.15, -0.1) is 0 Å². The van der Waals surface area contributed by atoms with E-state index < -0.39 is 6.10 Å². The zero-order valence-electron chi connectivity index (χ0n) is 12.1. The van der Waals surface area contributed by atoms with Gasteiger partial charge in [0.1, 0.15) is 0 Å². The molecule has 0 heterocycles. The van der Waals surface area contributed by atoms with E-state index in [0.29, 0.717) is 5.75 Å². The Morgan fingerprint density at radius 3 is 2.70 bits per heavy atom. The molecular weight excluding hydrogens is 276 g/mol. The first kappa shape index (κ1) is 16.8. The predicted octanol–water partition coefficient (Wildman–Crippen LogP) is 3.42. The van der Waals surface area contributed by atoms with Crippen molar-refractivity contribution in [3.8, 4) is 0 Å². The van der Waals surface area contributed by atoms with Crippen molar-refractivity contribution >= 4 is 23.1 Å². The number of hydrogen-bond acceptors (Lipinski definition) is 5. The molecule has 1 rings (SSSR count). The van der Waals surface area contributed by atoms with E-state index in [-0.39, 0.29) is 15.9 Å². The third-order valence-corrected chi connectivity index (χ3v) is 4.44. The Bertz CT molecular complexity index is 452. The molecule has 20 heavy (non-hydrogen) atoms. The third-order valence-electron chi connectivity index (χ3n) is 3.05. The number of thioether (sulfide) groups is 1. The third kappa shape index (κ3) is 5.02. The van der Waals surface area contributed by atoms with Crippen LogP contribution in [0.3, 0.4) is 0 Å². The molecule has 2 unspecified atom stereocenters. The molecule has 0 aliphatic rings. The van der Waals surface area contributed by atoms with Crippen molar-refractivity contribution in [2.45, 2.75) is 44.3 Å². The molecule has 0 aliphatic carbocycles. The Balaban J connectivity index is 2.87. The van der Waals surface area contributed by atoms with Crippen LogP contribution in [0, 0.1) is 10.1 Å². The summed E-state index contributed by atoms with van der Waals surface area (Å²) in [6.07, 6.45) is 0.596. The number of nitrogens with zero attached hydrogens (tertiary/aromatic N) is 1. The number of nitro groups is 1. The van der Waals surface area contributed by atoms with Crippen molar-refractivity contribution in [1.29, 1.82) is 0 Å². The molecular formula is C14H22N2O3S. The maximum atomic E-state index is 10.9. The summed E-state index contributed by atoms with van der Waals surface area (Å²) in [5.41, 5.74) is 1.94. The van der Waals surface area contributed by atoms with E-state index in [1.807, 2.05) is 6.92 Å². The van der Waals surface area contributed by atoms with Gasteiger partial charge in [0.05, 0.1) is 11.0 Å². The van der Waals surface area contributed by atoms with Gasteiger partial charge in [-0.1, -0.05) is 13.8 Å². The largest absolute Gasteiger partial charge is 0.392 e. The minimum absolute atomic E-state index is 0.0910. The highest BCUT2D eigenvalue weighted by Gasteiger charge is 2.14. The van der Waals surface area contributed by atoms with E-state index in [0.717, 1.165) is 24.2 Å². The van der Waals surface area contributed by atoms with E-state index in [4.69, 9.17) is 0 Å². The molecule has 6 heteroatoms. The minimum atomic E-state index is -0.397. The second kappa shape index (κ2) is 8.11. The van der Waals surface area contributed by atoms with Gasteiger partial charge in [-0.25, -0.2) is 0 Å². The van der Waals surface area contributed by atoms with Crippen LogP contribution in [0.1, 0.15) is 32.8 Å². The molecule has 1 aromatic carbocycles. The highest BCUT2D eigenvalue weighted by Crippen LogP contribution is 2.28. The molecule has 0 fully saturated rings. The van der Waals surface area contributed by atoms with Crippen LogP contribution in [0.5, 0.6) is 0 Å². The van der Waals surface area contributed by atoms with Crippen LogP contribution >= 0.6 is 11.8 Å². The van der Waals surface area contributed by atoms with Crippen LogP contribution < -0.4 is 5.32 Å². The molecule has 0 saturated carbocycles. The molecule has 1 aromatic rings. The highest BCUT2D eigenvalue weighted by atomic mass is 32.2. The molecule has 2 atom stereocenters. The van der Waals surface area contributed by atoms with Gasteiger partial charge in [0.2, 0.25) is 0 Å². The molecule has 2 N–H and O–H groups in total. The number of non-ortho nitro benzene ring substituents is 1.